The Hall–Kier alpha value is -3.05. The summed E-state index contributed by atoms with van der Waals surface area (Å²) >= 11 is 1.58. The smallest absolute Gasteiger partial charge is 0.255 e. The van der Waals surface area contributed by atoms with E-state index in [1.54, 1.807) is 11.8 Å². The normalized spacial score (nSPS) is 16.3. The fourth-order valence-corrected chi connectivity index (χ4v) is 4.99. The first-order chi connectivity index (χ1) is 15.2. The lowest BCUT2D eigenvalue weighted by molar-refractivity contribution is -0.115. The third-order valence-electron chi connectivity index (χ3n) is 5.67. The fraction of sp³-hybridized carbons (Fsp3) is 0.259. The van der Waals surface area contributed by atoms with Gasteiger partial charge in [0.25, 0.3) is 5.91 Å². The van der Waals surface area contributed by atoms with Crippen molar-refractivity contribution in [3.05, 3.63) is 95.1 Å². The number of benzene rings is 3. The SMILES string of the molecule is Cc1ccc(N2C(=O)CSC2c2ccccc2NC(=O)c2ccc(C(C)(C)C)cc2)cc1. The molecule has 164 valence electrons. The monoisotopic (exact) mass is 444 g/mol. The molecule has 1 fully saturated rings. The van der Waals surface area contributed by atoms with Gasteiger partial charge in [0.15, 0.2) is 0 Å². The van der Waals surface area contributed by atoms with Gasteiger partial charge in [-0.2, -0.15) is 0 Å². The molecule has 0 aliphatic carbocycles. The molecule has 1 N–H and O–H groups in total. The molecule has 1 atom stereocenters. The zero-order valence-electron chi connectivity index (χ0n) is 18.9. The van der Waals surface area contributed by atoms with Crippen LogP contribution in [-0.4, -0.2) is 17.6 Å². The molecule has 0 bridgehead atoms. The third-order valence-corrected chi connectivity index (χ3v) is 6.86. The van der Waals surface area contributed by atoms with E-state index in [0.29, 0.717) is 11.3 Å². The highest BCUT2D eigenvalue weighted by molar-refractivity contribution is 8.00. The molecule has 1 aliphatic heterocycles. The van der Waals surface area contributed by atoms with E-state index in [0.717, 1.165) is 22.5 Å². The summed E-state index contributed by atoms with van der Waals surface area (Å²) in [6, 6.07) is 23.4. The maximum absolute atomic E-state index is 13.0. The van der Waals surface area contributed by atoms with Crippen LogP contribution in [0.2, 0.25) is 0 Å². The van der Waals surface area contributed by atoms with Crippen molar-refractivity contribution in [3.8, 4) is 0 Å². The lowest BCUT2D eigenvalue weighted by Crippen LogP contribution is -2.28. The van der Waals surface area contributed by atoms with E-state index >= 15 is 0 Å². The molecule has 3 aromatic carbocycles. The average Bonchev–Trinajstić information content (AvgIpc) is 3.15. The van der Waals surface area contributed by atoms with Crippen LogP contribution in [0, 0.1) is 6.92 Å². The summed E-state index contributed by atoms with van der Waals surface area (Å²) in [7, 11) is 0. The number of hydrogen-bond acceptors (Lipinski definition) is 3. The first-order valence-corrected chi connectivity index (χ1v) is 11.8. The van der Waals surface area contributed by atoms with Crippen LogP contribution in [0.4, 0.5) is 11.4 Å². The highest BCUT2D eigenvalue weighted by Gasteiger charge is 2.35. The summed E-state index contributed by atoms with van der Waals surface area (Å²) in [6.45, 7) is 8.48. The van der Waals surface area contributed by atoms with E-state index in [2.05, 4.69) is 26.1 Å². The van der Waals surface area contributed by atoms with Gasteiger partial charge in [-0.1, -0.05) is 68.8 Å². The zero-order chi connectivity index (χ0) is 22.9. The van der Waals surface area contributed by atoms with Gasteiger partial charge < -0.3 is 5.32 Å². The summed E-state index contributed by atoms with van der Waals surface area (Å²) < 4.78 is 0. The number of hydrogen-bond donors (Lipinski definition) is 1. The number of para-hydroxylation sites is 1. The van der Waals surface area contributed by atoms with Crippen LogP contribution < -0.4 is 10.2 Å². The molecule has 0 spiro atoms. The Morgan fingerprint density at radius 2 is 1.62 bits per heavy atom. The average molecular weight is 445 g/mol. The molecule has 32 heavy (non-hydrogen) atoms. The minimum atomic E-state index is -0.190. The molecule has 2 amide bonds. The summed E-state index contributed by atoms with van der Waals surface area (Å²) in [4.78, 5) is 27.6. The molecular weight excluding hydrogens is 416 g/mol. The quantitative estimate of drug-likeness (QED) is 0.512. The lowest BCUT2D eigenvalue weighted by Gasteiger charge is -2.26. The van der Waals surface area contributed by atoms with Crippen molar-refractivity contribution in [3.63, 3.8) is 0 Å². The van der Waals surface area contributed by atoms with Crippen LogP contribution in [-0.2, 0) is 10.2 Å². The third kappa shape index (κ3) is 4.58. The van der Waals surface area contributed by atoms with Crippen LogP contribution in [0.5, 0.6) is 0 Å². The summed E-state index contributed by atoms with van der Waals surface area (Å²) in [5, 5.41) is 2.88. The highest BCUT2D eigenvalue weighted by atomic mass is 32.2. The second kappa shape index (κ2) is 8.83. The maximum Gasteiger partial charge on any atom is 0.255 e. The van der Waals surface area contributed by atoms with Crippen LogP contribution in [0.15, 0.2) is 72.8 Å². The molecule has 1 saturated heterocycles. The molecule has 1 heterocycles. The predicted molar refractivity (Wildman–Crippen MR) is 133 cm³/mol. The van der Waals surface area contributed by atoms with E-state index < -0.39 is 0 Å². The number of carbonyl (C=O) groups is 2. The van der Waals surface area contributed by atoms with Crippen molar-refractivity contribution >= 4 is 35.0 Å². The van der Waals surface area contributed by atoms with Gasteiger partial charge in [-0.15, -0.1) is 11.8 Å². The molecule has 0 radical (unpaired) electrons. The highest BCUT2D eigenvalue weighted by Crippen LogP contribution is 2.44. The van der Waals surface area contributed by atoms with Crippen molar-refractivity contribution in [2.45, 2.75) is 38.5 Å². The van der Waals surface area contributed by atoms with Crippen LogP contribution in [0.1, 0.15) is 53.2 Å². The number of amides is 2. The second-order valence-electron chi connectivity index (χ2n) is 9.13. The largest absolute Gasteiger partial charge is 0.322 e. The van der Waals surface area contributed by atoms with Gasteiger partial charge in [0.2, 0.25) is 5.91 Å². The molecule has 0 aromatic heterocycles. The predicted octanol–water partition coefficient (Wildman–Crippen LogP) is 6.32. The number of carbonyl (C=O) groups excluding carboxylic acids is 2. The van der Waals surface area contributed by atoms with E-state index in [4.69, 9.17) is 0 Å². The zero-order valence-corrected chi connectivity index (χ0v) is 19.7. The lowest BCUT2D eigenvalue weighted by atomic mass is 9.86. The second-order valence-corrected chi connectivity index (χ2v) is 10.2. The summed E-state index contributed by atoms with van der Waals surface area (Å²) in [5.74, 6) is 0.326. The van der Waals surface area contributed by atoms with Crippen molar-refractivity contribution in [2.24, 2.45) is 0 Å². The number of anilines is 2. The van der Waals surface area contributed by atoms with Crippen molar-refractivity contribution in [1.29, 1.82) is 0 Å². The molecule has 4 rings (SSSR count). The minimum Gasteiger partial charge on any atom is -0.322 e. The van der Waals surface area contributed by atoms with Gasteiger partial charge in [-0.05, 0) is 48.2 Å². The van der Waals surface area contributed by atoms with Gasteiger partial charge in [-0.3, -0.25) is 14.5 Å². The Bertz CT molecular complexity index is 1130. The number of nitrogens with zero attached hydrogens (tertiary/aromatic N) is 1. The van der Waals surface area contributed by atoms with Crippen molar-refractivity contribution < 1.29 is 9.59 Å². The van der Waals surface area contributed by atoms with E-state index in [1.165, 1.54) is 5.56 Å². The Kier molecular flexibility index (Phi) is 6.11. The first kappa shape index (κ1) is 22.2. The first-order valence-electron chi connectivity index (χ1n) is 10.8. The van der Waals surface area contributed by atoms with Crippen molar-refractivity contribution in [1.82, 2.24) is 0 Å². The van der Waals surface area contributed by atoms with Gasteiger partial charge >= 0.3 is 0 Å². The summed E-state index contributed by atoms with van der Waals surface area (Å²) in [6.07, 6.45) is 0. The van der Waals surface area contributed by atoms with Gasteiger partial charge in [-0.25, -0.2) is 0 Å². The molecule has 1 aliphatic rings. The standard InChI is InChI=1S/C27H28N2O2S/c1-18-9-15-21(16-10-18)29-24(30)17-32-26(29)22-7-5-6-8-23(22)28-25(31)19-11-13-20(14-12-19)27(2,3)4/h5-16,26H,17H2,1-4H3,(H,28,31). The van der Waals surface area contributed by atoms with Crippen LogP contribution in [0.25, 0.3) is 0 Å². The molecule has 4 nitrogen and oxygen atoms in total. The number of thioether (sulfide) groups is 1. The van der Waals surface area contributed by atoms with Gasteiger partial charge in [0.1, 0.15) is 5.37 Å². The Balaban J connectivity index is 1.60. The maximum atomic E-state index is 13.0. The van der Waals surface area contributed by atoms with E-state index in [9.17, 15) is 9.59 Å². The Labute approximate surface area is 194 Å². The van der Waals surface area contributed by atoms with E-state index in [1.807, 2.05) is 84.6 Å². The number of nitrogens with one attached hydrogen (secondary N) is 1. The molecule has 0 saturated carbocycles. The van der Waals surface area contributed by atoms with Crippen LogP contribution in [0.3, 0.4) is 0 Å². The molecule has 5 heteroatoms. The molecule has 1 unspecified atom stereocenters. The molecule has 3 aromatic rings. The van der Waals surface area contributed by atoms with Crippen LogP contribution >= 0.6 is 11.8 Å². The topological polar surface area (TPSA) is 49.4 Å². The Morgan fingerprint density at radius 1 is 0.969 bits per heavy atom. The Morgan fingerprint density at radius 3 is 2.28 bits per heavy atom. The van der Waals surface area contributed by atoms with Crippen molar-refractivity contribution in [2.75, 3.05) is 16.0 Å². The fourth-order valence-electron chi connectivity index (χ4n) is 3.78. The number of aryl methyl sites for hydroxylation is 1. The van der Waals surface area contributed by atoms with Gasteiger partial charge in [0.05, 0.1) is 5.75 Å². The van der Waals surface area contributed by atoms with Gasteiger partial charge in [0, 0.05) is 22.5 Å². The number of rotatable bonds is 4. The van der Waals surface area contributed by atoms with E-state index in [-0.39, 0.29) is 22.6 Å². The summed E-state index contributed by atoms with van der Waals surface area (Å²) in [5.41, 5.74) is 5.49. The minimum absolute atomic E-state index is 0.0350. The molecular formula is C27H28N2O2S.